The number of carbonyl (C=O) groups is 1. The Balaban J connectivity index is 1.84. The van der Waals surface area contributed by atoms with Crippen LogP contribution >= 0.6 is 15.9 Å². The van der Waals surface area contributed by atoms with Gasteiger partial charge in [-0.3, -0.25) is 4.79 Å². The van der Waals surface area contributed by atoms with Gasteiger partial charge in [-0.2, -0.15) is 0 Å². The predicted molar refractivity (Wildman–Crippen MR) is 62.1 cm³/mol. The summed E-state index contributed by atoms with van der Waals surface area (Å²) in [7, 11) is 0. The zero-order chi connectivity index (χ0) is 10.7. The molecule has 0 aromatic carbocycles. The van der Waals surface area contributed by atoms with Crippen molar-refractivity contribution in [2.45, 2.75) is 30.5 Å². The van der Waals surface area contributed by atoms with Crippen LogP contribution in [0.3, 0.4) is 0 Å². The summed E-state index contributed by atoms with van der Waals surface area (Å²) in [5.74, 6) is 0.586. The zero-order valence-electron chi connectivity index (χ0n) is 8.95. The number of halogens is 1. The molecule has 0 N–H and O–H groups in total. The van der Waals surface area contributed by atoms with Crippen LogP contribution in [0.4, 0.5) is 0 Å². The number of amides is 1. The maximum atomic E-state index is 12.1. The Morgan fingerprint density at radius 1 is 1.13 bits per heavy atom. The Morgan fingerprint density at radius 3 is 2.33 bits per heavy atom. The predicted octanol–water partition coefficient (Wildman–Crippen LogP) is 1.80. The quantitative estimate of drug-likeness (QED) is 0.683. The molecule has 0 saturated carbocycles. The number of piperidine rings is 1. The van der Waals surface area contributed by atoms with Crippen LogP contribution in [0.15, 0.2) is 0 Å². The summed E-state index contributed by atoms with van der Waals surface area (Å²) < 4.78 is 5.28. The Bertz CT molecular complexity index is 221. The van der Waals surface area contributed by atoms with Crippen molar-refractivity contribution < 1.29 is 9.53 Å². The van der Waals surface area contributed by atoms with E-state index in [1.165, 1.54) is 0 Å². The molecule has 0 spiro atoms. The Morgan fingerprint density at radius 2 is 1.73 bits per heavy atom. The molecule has 0 aliphatic carbocycles. The van der Waals surface area contributed by atoms with Crippen LogP contribution in [0.2, 0.25) is 0 Å². The average Bonchev–Trinajstić information content (AvgIpc) is 2.30. The van der Waals surface area contributed by atoms with E-state index in [1.54, 1.807) is 0 Å². The number of hydrogen-bond donors (Lipinski definition) is 0. The summed E-state index contributed by atoms with van der Waals surface area (Å²) in [4.78, 5) is 14.8. The van der Waals surface area contributed by atoms with E-state index >= 15 is 0 Å². The Hall–Kier alpha value is -0.0900. The minimum Gasteiger partial charge on any atom is -0.381 e. The van der Waals surface area contributed by atoms with E-state index in [1.807, 2.05) is 4.90 Å². The molecular formula is C11H18BrNO2. The van der Waals surface area contributed by atoms with Crippen molar-refractivity contribution in [3.63, 3.8) is 0 Å². The monoisotopic (exact) mass is 275 g/mol. The summed E-state index contributed by atoms with van der Waals surface area (Å²) in [6, 6.07) is 0. The van der Waals surface area contributed by atoms with Crippen molar-refractivity contribution in [3.8, 4) is 0 Å². The summed E-state index contributed by atoms with van der Waals surface area (Å²) in [6.07, 6.45) is 4.00. The van der Waals surface area contributed by atoms with Gasteiger partial charge in [0.15, 0.2) is 0 Å². The molecule has 0 radical (unpaired) electrons. The van der Waals surface area contributed by atoms with Crippen LogP contribution in [-0.4, -0.2) is 41.9 Å². The van der Waals surface area contributed by atoms with Gasteiger partial charge >= 0.3 is 0 Å². The first-order valence-electron chi connectivity index (χ1n) is 5.78. The molecule has 2 heterocycles. The lowest BCUT2D eigenvalue weighted by molar-refractivity contribution is -0.139. The smallest absolute Gasteiger partial charge is 0.225 e. The van der Waals surface area contributed by atoms with Crippen molar-refractivity contribution in [1.82, 2.24) is 4.90 Å². The normalized spacial score (nSPS) is 25.5. The summed E-state index contributed by atoms with van der Waals surface area (Å²) in [5.41, 5.74) is 0. The van der Waals surface area contributed by atoms with Gasteiger partial charge in [0.1, 0.15) is 0 Å². The van der Waals surface area contributed by atoms with Crippen LogP contribution in [0.25, 0.3) is 0 Å². The third-order valence-corrected chi connectivity index (χ3v) is 4.22. The first kappa shape index (κ1) is 11.4. The lowest BCUT2D eigenvalue weighted by atomic mass is 9.97. The van der Waals surface area contributed by atoms with E-state index < -0.39 is 0 Å². The molecule has 3 nitrogen and oxygen atoms in total. The van der Waals surface area contributed by atoms with Crippen LogP contribution in [0.1, 0.15) is 25.7 Å². The maximum absolute atomic E-state index is 12.1. The molecule has 0 aromatic heterocycles. The van der Waals surface area contributed by atoms with E-state index in [0.717, 1.165) is 52.0 Å². The van der Waals surface area contributed by atoms with Gasteiger partial charge in [0.25, 0.3) is 0 Å². The molecule has 4 heteroatoms. The first-order chi connectivity index (χ1) is 7.27. The van der Waals surface area contributed by atoms with Crippen molar-refractivity contribution >= 4 is 21.8 Å². The third kappa shape index (κ3) is 2.94. The largest absolute Gasteiger partial charge is 0.381 e. The standard InChI is InChI=1S/C11H18BrNO2/c12-10-1-5-13(6-2-10)11(14)9-3-7-15-8-4-9/h9-10H,1-8H2. The number of alkyl halides is 1. The maximum Gasteiger partial charge on any atom is 0.225 e. The summed E-state index contributed by atoms with van der Waals surface area (Å²) in [5, 5.41) is 0. The van der Waals surface area contributed by atoms with Gasteiger partial charge in [0.05, 0.1) is 0 Å². The highest BCUT2D eigenvalue weighted by Crippen LogP contribution is 2.22. The molecule has 1 amide bonds. The van der Waals surface area contributed by atoms with Crippen LogP contribution in [-0.2, 0) is 9.53 Å². The summed E-state index contributed by atoms with van der Waals surface area (Å²) in [6.45, 7) is 3.36. The number of rotatable bonds is 1. The van der Waals surface area contributed by atoms with Crippen molar-refractivity contribution in [3.05, 3.63) is 0 Å². The van der Waals surface area contributed by atoms with Crippen LogP contribution < -0.4 is 0 Å². The van der Waals surface area contributed by atoms with E-state index in [9.17, 15) is 4.79 Å². The fourth-order valence-corrected chi connectivity index (χ4v) is 2.68. The average molecular weight is 276 g/mol. The molecule has 2 aliphatic heterocycles. The van der Waals surface area contributed by atoms with Crippen molar-refractivity contribution in [2.75, 3.05) is 26.3 Å². The minimum atomic E-state index is 0.227. The SMILES string of the molecule is O=C(C1CCOCC1)N1CCC(Br)CC1. The summed E-state index contributed by atoms with van der Waals surface area (Å²) >= 11 is 3.60. The molecule has 0 unspecified atom stereocenters. The van der Waals surface area contributed by atoms with Gasteiger partial charge in [-0.25, -0.2) is 0 Å². The van der Waals surface area contributed by atoms with Crippen LogP contribution in [0.5, 0.6) is 0 Å². The highest BCUT2D eigenvalue weighted by molar-refractivity contribution is 9.09. The lowest BCUT2D eigenvalue weighted by Gasteiger charge is -2.33. The molecule has 0 atom stereocenters. The molecule has 15 heavy (non-hydrogen) atoms. The lowest BCUT2D eigenvalue weighted by Crippen LogP contribution is -2.43. The first-order valence-corrected chi connectivity index (χ1v) is 6.69. The van der Waals surface area contributed by atoms with E-state index in [2.05, 4.69) is 15.9 Å². The molecule has 0 aromatic rings. The van der Waals surface area contributed by atoms with E-state index in [0.29, 0.717) is 10.7 Å². The number of nitrogens with zero attached hydrogens (tertiary/aromatic N) is 1. The second kappa shape index (κ2) is 5.30. The Labute approximate surface area is 99.3 Å². The molecule has 0 bridgehead atoms. The van der Waals surface area contributed by atoms with Gasteiger partial charge in [0, 0.05) is 37.0 Å². The second-order valence-corrected chi connectivity index (χ2v) is 5.68. The second-order valence-electron chi connectivity index (χ2n) is 4.39. The molecule has 86 valence electrons. The highest BCUT2D eigenvalue weighted by atomic mass is 79.9. The fraction of sp³-hybridized carbons (Fsp3) is 0.909. The highest BCUT2D eigenvalue weighted by Gasteiger charge is 2.28. The zero-order valence-corrected chi connectivity index (χ0v) is 10.5. The number of ether oxygens (including phenoxy) is 1. The van der Waals surface area contributed by atoms with Crippen LogP contribution in [0, 0.1) is 5.92 Å². The third-order valence-electron chi connectivity index (χ3n) is 3.31. The number of hydrogen-bond acceptors (Lipinski definition) is 2. The van der Waals surface area contributed by atoms with E-state index in [4.69, 9.17) is 4.74 Å². The molecular weight excluding hydrogens is 258 g/mol. The molecule has 2 saturated heterocycles. The van der Waals surface area contributed by atoms with E-state index in [-0.39, 0.29) is 5.92 Å². The Kier molecular flexibility index (Phi) is 4.03. The van der Waals surface area contributed by atoms with Gasteiger partial charge in [-0.15, -0.1) is 0 Å². The van der Waals surface area contributed by atoms with Gasteiger partial charge < -0.3 is 9.64 Å². The molecule has 2 aliphatic rings. The number of carbonyl (C=O) groups excluding carboxylic acids is 1. The minimum absolute atomic E-state index is 0.227. The number of likely N-dealkylation sites (tertiary alicyclic amines) is 1. The van der Waals surface area contributed by atoms with Crippen molar-refractivity contribution in [1.29, 1.82) is 0 Å². The molecule has 2 rings (SSSR count). The molecule has 2 fully saturated rings. The van der Waals surface area contributed by atoms with Gasteiger partial charge in [0.2, 0.25) is 5.91 Å². The topological polar surface area (TPSA) is 29.5 Å². The van der Waals surface area contributed by atoms with Gasteiger partial charge in [-0.1, -0.05) is 15.9 Å². The van der Waals surface area contributed by atoms with Gasteiger partial charge in [-0.05, 0) is 25.7 Å². The van der Waals surface area contributed by atoms with Crippen molar-refractivity contribution in [2.24, 2.45) is 5.92 Å². The fourth-order valence-electron chi connectivity index (χ4n) is 2.27.